The van der Waals surface area contributed by atoms with Crippen molar-refractivity contribution in [3.05, 3.63) is 52.2 Å². The molecular formula is C18H16ClN3O3S. The van der Waals surface area contributed by atoms with Gasteiger partial charge in [0.25, 0.3) is 5.91 Å². The summed E-state index contributed by atoms with van der Waals surface area (Å²) in [5.74, 6) is 1.18. The predicted octanol–water partition coefficient (Wildman–Crippen LogP) is 3.99. The largest absolute Gasteiger partial charge is 0.497 e. The number of aromatic nitrogens is 1. The Morgan fingerprint density at radius 2 is 2.08 bits per heavy atom. The van der Waals surface area contributed by atoms with Crippen molar-refractivity contribution < 1.29 is 14.3 Å². The van der Waals surface area contributed by atoms with Crippen molar-refractivity contribution in [2.24, 2.45) is 4.99 Å². The van der Waals surface area contributed by atoms with Crippen molar-refractivity contribution in [2.75, 3.05) is 21.3 Å². The van der Waals surface area contributed by atoms with Crippen LogP contribution in [0.3, 0.4) is 0 Å². The second-order valence-electron chi connectivity index (χ2n) is 5.30. The third kappa shape index (κ3) is 3.68. The Labute approximate surface area is 160 Å². The molecule has 8 heteroatoms. The fraction of sp³-hybridized carbons (Fsp3) is 0.167. The van der Waals surface area contributed by atoms with Crippen LogP contribution in [0.15, 0.2) is 46.6 Å². The third-order valence-corrected chi connectivity index (χ3v) is 5.05. The molecule has 6 nitrogen and oxygen atoms in total. The van der Waals surface area contributed by atoms with E-state index in [9.17, 15) is 4.79 Å². The molecule has 0 radical (unpaired) electrons. The predicted molar refractivity (Wildman–Crippen MR) is 104 cm³/mol. The molecule has 0 spiro atoms. The summed E-state index contributed by atoms with van der Waals surface area (Å²) in [5, 5.41) is 0.963. The number of hydrogen-bond donors (Lipinski definition) is 0. The molecule has 1 aliphatic heterocycles. The Morgan fingerprint density at radius 3 is 2.77 bits per heavy atom. The van der Waals surface area contributed by atoms with E-state index in [1.165, 1.54) is 22.9 Å². The first kappa shape index (κ1) is 18.3. The molecule has 0 bridgehead atoms. The van der Waals surface area contributed by atoms with Gasteiger partial charge in [-0.15, -0.1) is 0 Å². The number of amides is 1. The third-order valence-electron chi connectivity index (χ3n) is 3.69. The molecule has 2 aromatic rings. The maximum Gasteiger partial charge on any atom is 0.266 e. The lowest BCUT2D eigenvalue weighted by molar-refractivity contribution is -0.121. The lowest BCUT2D eigenvalue weighted by atomic mass is 10.1. The Balaban J connectivity index is 1.97. The molecule has 3 rings (SSSR count). The second-order valence-corrected chi connectivity index (χ2v) is 6.72. The molecule has 0 unspecified atom stereocenters. The highest BCUT2D eigenvalue weighted by molar-refractivity contribution is 8.18. The van der Waals surface area contributed by atoms with Gasteiger partial charge in [-0.05, 0) is 42.1 Å². The van der Waals surface area contributed by atoms with Crippen molar-refractivity contribution in [3.8, 4) is 11.5 Å². The van der Waals surface area contributed by atoms with Crippen LogP contribution in [0.1, 0.15) is 5.56 Å². The molecule has 1 saturated heterocycles. The first-order chi connectivity index (χ1) is 12.5. The van der Waals surface area contributed by atoms with Gasteiger partial charge < -0.3 is 9.47 Å². The van der Waals surface area contributed by atoms with E-state index in [0.29, 0.717) is 32.3 Å². The molecule has 0 atom stereocenters. The number of carbonyl (C=O) groups is 1. The Morgan fingerprint density at radius 1 is 1.27 bits per heavy atom. The van der Waals surface area contributed by atoms with Gasteiger partial charge in [-0.3, -0.25) is 14.7 Å². The van der Waals surface area contributed by atoms with Crippen LogP contribution in [0, 0.1) is 0 Å². The highest BCUT2D eigenvalue weighted by Gasteiger charge is 2.30. The summed E-state index contributed by atoms with van der Waals surface area (Å²) in [6, 6.07) is 7.11. The zero-order valence-electron chi connectivity index (χ0n) is 14.4. The van der Waals surface area contributed by atoms with Crippen molar-refractivity contribution in [1.82, 2.24) is 9.88 Å². The first-order valence-electron chi connectivity index (χ1n) is 7.61. The number of halogens is 1. The van der Waals surface area contributed by atoms with Gasteiger partial charge in [-0.25, -0.2) is 4.99 Å². The molecule has 134 valence electrons. The van der Waals surface area contributed by atoms with Gasteiger partial charge in [0.05, 0.1) is 29.8 Å². The van der Waals surface area contributed by atoms with E-state index in [0.717, 1.165) is 5.56 Å². The minimum absolute atomic E-state index is 0.149. The summed E-state index contributed by atoms with van der Waals surface area (Å²) < 4.78 is 10.6. The minimum atomic E-state index is -0.149. The van der Waals surface area contributed by atoms with Gasteiger partial charge in [-0.1, -0.05) is 11.6 Å². The molecule has 1 aliphatic rings. The molecule has 0 saturated carbocycles. The van der Waals surface area contributed by atoms with Crippen molar-refractivity contribution >= 4 is 46.2 Å². The van der Waals surface area contributed by atoms with Crippen molar-refractivity contribution in [3.63, 3.8) is 0 Å². The summed E-state index contributed by atoms with van der Waals surface area (Å²) in [6.45, 7) is 0. The van der Waals surface area contributed by atoms with E-state index >= 15 is 0 Å². The molecule has 1 fully saturated rings. The highest BCUT2D eigenvalue weighted by atomic mass is 35.5. The van der Waals surface area contributed by atoms with Crippen molar-refractivity contribution in [2.45, 2.75) is 0 Å². The molecule has 1 amide bonds. The molecule has 1 aromatic heterocycles. The molecule has 1 aromatic carbocycles. The van der Waals surface area contributed by atoms with E-state index in [2.05, 4.69) is 9.98 Å². The number of thioether (sulfide) groups is 1. The number of nitrogens with zero attached hydrogens (tertiary/aromatic N) is 3. The van der Waals surface area contributed by atoms with Crippen LogP contribution >= 0.6 is 23.4 Å². The zero-order chi connectivity index (χ0) is 18.7. The average Bonchev–Trinajstić information content (AvgIpc) is 2.91. The van der Waals surface area contributed by atoms with Crippen LogP contribution in [-0.2, 0) is 4.79 Å². The Kier molecular flexibility index (Phi) is 5.49. The standard InChI is InChI=1S/C18H16ClN3O3S/c1-22-17(23)16(9-11-8-12(24-2)4-5-15(11)25-3)26-18(22)21-14-6-7-20-10-13(14)19/h4-10H,1-3H3/b16-9-,21-18?. The van der Waals surface area contributed by atoms with E-state index in [4.69, 9.17) is 21.1 Å². The number of ether oxygens (including phenoxy) is 2. The maximum atomic E-state index is 12.6. The number of rotatable bonds is 4. The van der Waals surface area contributed by atoms with E-state index < -0.39 is 0 Å². The number of hydrogen-bond acceptors (Lipinski definition) is 6. The molecule has 0 aliphatic carbocycles. The van der Waals surface area contributed by atoms with Crippen LogP contribution in [0.25, 0.3) is 6.08 Å². The quantitative estimate of drug-likeness (QED) is 0.740. The van der Waals surface area contributed by atoms with E-state index in [1.54, 1.807) is 51.7 Å². The smallest absolute Gasteiger partial charge is 0.266 e. The number of benzene rings is 1. The Hall–Kier alpha value is -2.51. The molecule has 2 heterocycles. The fourth-order valence-electron chi connectivity index (χ4n) is 2.31. The van der Waals surface area contributed by atoms with Crippen LogP contribution in [0.4, 0.5) is 5.69 Å². The topological polar surface area (TPSA) is 64.0 Å². The van der Waals surface area contributed by atoms with Gasteiger partial charge in [-0.2, -0.15) is 0 Å². The fourth-order valence-corrected chi connectivity index (χ4v) is 3.44. The number of carbonyl (C=O) groups excluding carboxylic acids is 1. The monoisotopic (exact) mass is 389 g/mol. The Bertz CT molecular complexity index is 914. The number of likely N-dealkylation sites (N-methyl/N-ethyl adjacent to an activating group) is 1. The van der Waals surface area contributed by atoms with Gasteiger partial charge >= 0.3 is 0 Å². The number of pyridine rings is 1. The molecular weight excluding hydrogens is 374 g/mol. The van der Waals surface area contributed by atoms with Crippen LogP contribution in [0.2, 0.25) is 5.02 Å². The first-order valence-corrected chi connectivity index (χ1v) is 8.80. The van der Waals surface area contributed by atoms with Gasteiger partial charge in [0.2, 0.25) is 0 Å². The number of amidine groups is 1. The lowest BCUT2D eigenvalue weighted by Gasteiger charge is -2.08. The summed E-state index contributed by atoms with van der Waals surface area (Å²) in [5.41, 5.74) is 1.31. The second kappa shape index (κ2) is 7.80. The van der Waals surface area contributed by atoms with Crippen LogP contribution in [-0.4, -0.2) is 42.2 Å². The maximum absolute atomic E-state index is 12.6. The summed E-state index contributed by atoms with van der Waals surface area (Å²) in [6.07, 6.45) is 4.88. The van der Waals surface area contributed by atoms with Crippen LogP contribution < -0.4 is 9.47 Å². The van der Waals surface area contributed by atoms with E-state index in [-0.39, 0.29) is 5.91 Å². The van der Waals surface area contributed by atoms with Gasteiger partial charge in [0.15, 0.2) is 5.17 Å². The zero-order valence-corrected chi connectivity index (χ0v) is 16.0. The summed E-state index contributed by atoms with van der Waals surface area (Å²) in [7, 11) is 4.84. The summed E-state index contributed by atoms with van der Waals surface area (Å²) in [4.78, 5) is 23.0. The van der Waals surface area contributed by atoms with Gasteiger partial charge in [0, 0.05) is 25.0 Å². The number of methoxy groups -OCH3 is 2. The lowest BCUT2D eigenvalue weighted by Crippen LogP contribution is -2.23. The highest BCUT2D eigenvalue weighted by Crippen LogP contribution is 2.36. The average molecular weight is 390 g/mol. The van der Waals surface area contributed by atoms with E-state index in [1.807, 2.05) is 6.07 Å². The number of aliphatic imine (C=N–C) groups is 1. The van der Waals surface area contributed by atoms with Crippen molar-refractivity contribution in [1.29, 1.82) is 0 Å². The summed E-state index contributed by atoms with van der Waals surface area (Å²) >= 11 is 7.37. The minimum Gasteiger partial charge on any atom is -0.497 e. The SMILES string of the molecule is COc1ccc(OC)c(/C=C2\SC(=Nc3ccncc3Cl)N(C)C2=O)c1. The molecule has 26 heavy (non-hydrogen) atoms. The van der Waals surface area contributed by atoms with Gasteiger partial charge in [0.1, 0.15) is 11.5 Å². The van der Waals surface area contributed by atoms with Crippen LogP contribution in [0.5, 0.6) is 11.5 Å². The molecule has 0 N–H and O–H groups in total. The normalized spacial score (nSPS) is 17.2.